The molecule has 2 fully saturated rings. The summed E-state index contributed by atoms with van der Waals surface area (Å²) in [7, 11) is 0. The van der Waals surface area contributed by atoms with Crippen molar-refractivity contribution in [2.24, 2.45) is 5.92 Å². The van der Waals surface area contributed by atoms with Gasteiger partial charge in [0, 0.05) is 48.9 Å². The molecule has 0 N–H and O–H groups in total. The van der Waals surface area contributed by atoms with E-state index in [9.17, 15) is 13.6 Å². The number of hydrogen-bond acceptors (Lipinski definition) is 4. The van der Waals surface area contributed by atoms with E-state index in [1.807, 2.05) is 25.7 Å². The van der Waals surface area contributed by atoms with Crippen LogP contribution in [0.5, 0.6) is 11.5 Å². The minimum Gasteiger partial charge on any atom is -0.494 e. The van der Waals surface area contributed by atoms with Gasteiger partial charge in [0.1, 0.15) is 23.1 Å². The predicted octanol–water partition coefficient (Wildman–Crippen LogP) is 7.35. The van der Waals surface area contributed by atoms with Crippen LogP contribution in [0.2, 0.25) is 0 Å². The van der Waals surface area contributed by atoms with Gasteiger partial charge in [-0.25, -0.2) is 8.78 Å². The average molecular weight is 555 g/mol. The van der Waals surface area contributed by atoms with Crippen molar-refractivity contribution in [3.63, 3.8) is 0 Å². The highest BCUT2D eigenvalue weighted by atomic mass is 19.1. The van der Waals surface area contributed by atoms with Crippen LogP contribution < -0.4 is 9.47 Å². The highest BCUT2D eigenvalue weighted by Gasteiger charge is 2.31. The minimum absolute atomic E-state index is 0.112. The van der Waals surface area contributed by atoms with Crippen molar-refractivity contribution < 1.29 is 23.0 Å². The van der Waals surface area contributed by atoms with Crippen LogP contribution in [0.3, 0.4) is 0 Å². The third-order valence-electron chi connectivity index (χ3n) is 7.99. The van der Waals surface area contributed by atoms with Crippen molar-refractivity contribution in [3.05, 3.63) is 64.7 Å². The molecular formula is C33H44F2N2O3. The molecule has 1 saturated carbocycles. The lowest BCUT2D eigenvalue weighted by atomic mass is 9.89. The number of rotatable bonds is 12. The van der Waals surface area contributed by atoms with Crippen molar-refractivity contribution >= 4 is 12.0 Å². The molecule has 2 aromatic carbocycles. The Morgan fingerprint density at radius 1 is 0.975 bits per heavy atom. The molecule has 40 heavy (non-hydrogen) atoms. The second kappa shape index (κ2) is 14.6. The van der Waals surface area contributed by atoms with Gasteiger partial charge in [0.05, 0.1) is 13.2 Å². The second-order valence-electron chi connectivity index (χ2n) is 11.2. The molecule has 1 amide bonds. The number of nitrogens with zero attached hydrogens (tertiary/aromatic N) is 2. The first-order valence-corrected chi connectivity index (χ1v) is 14.9. The number of benzene rings is 2. The first kappa shape index (κ1) is 30.0. The smallest absolute Gasteiger partial charge is 0.254 e. The van der Waals surface area contributed by atoms with E-state index in [4.69, 9.17) is 9.47 Å². The molecule has 2 aromatic rings. The van der Waals surface area contributed by atoms with Crippen molar-refractivity contribution in [1.29, 1.82) is 0 Å². The zero-order valence-electron chi connectivity index (χ0n) is 24.3. The van der Waals surface area contributed by atoms with E-state index in [1.165, 1.54) is 44.2 Å². The Morgan fingerprint density at radius 3 is 2.33 bits per heavy atom. The van der Waals surface area contributed by atoms with Gasteiger partial charge in [-0.15, -0.1) is 0 Å². The molecule has 1 saturated heterocycles. The van der Waals surface area contributed by atoms with Gasteiger partial charge < -0.3 is 14.4 Å². The lowest BCUT2D eigenvalue weighted by Gasteiger charge is -2.34. The zero-order valence-corrected chi connectivity index (χ0v) is 24.3. The summed E-state index contributed by atoms with van der Waals surface area (Å²) in [5.74, 6) is 0.590. The molecule has 0 spiro atoms. The maximum absolute atomic E-state index is 14.4. The summed E-state index contributed by atoms with van der Waals surface area (Å²) in [6.45, 7) is 9.75. The van der Waals surface area contributed by atoms with E-state index in [0.717, 1.165) is 43.5 Å². The first-order chi connectivity index (χ1) is 19.4. The van der Waals surface area contributed by atoms with Crippen LogP contribution in [-0.2, 0) is 0 Å². The Hall–Kier alpha value is -2.93. The molecule has 5 nitrogen and oxygen atoms in total. The van der Waals surface area contributed by atoms with Gasteiger partial charge in [-0.05, 0) is 83.2 Å². The van der Waals surface area contributed by atoms with E-state index in [0.29, 0.717) is 48.9 Å². The number of halogens is 2. The van der Waals surface area contributed by atoms with Crippen LogP contribution in [0.4, 0.5) is 8.78 Å². The third-order valence-corrected chi connectivity index (χ3v) is 7.99. The fourth-order valence-corrected chi connectivity index (χ4v) is 6.13. The Bertz CT molecular complexity index is 1140. The quantitative estimate of drug-likeness (QED) is 0.275. The van der Waals surface area contributed by atoms with Crippen molar-refractivity contribution in [3.8, 4) is 11.5 Å². The van der Waals surface area contributed by atoms with Crippen LogP contribution in [0.1, 0.15) is 81.6 Å². The molecule has 2 aliphatic rings. The molecule has 1 aliphatic carbocycles. The van der Waals surface area contributed by atoms with Crippen LogP contribution in [-0.4, -0.2) is 61.1 Å². The van der Waals surface area contributed by atoms with Gasteiger partial charge in [-0.1, -0.05) is 30.9 Å². The lowest BCUT2D eigenvalue weighted by molar-refractivity contribution is 0.0709. The van der Waals surface area contributed by atoms with Crippen LogP contribution >= 0.6 is 0 Å². The normalized spacial score (nSPS) is 18.6. The third kappa shape index (κ3) is 8.29. The Morgan fingerprint density at radius 2 is 1.68 bits per heavy atom. The first-order valence-electron chi connectivity index (χ1n) is 14.9. The van der Waals surface area contributed by atoms with Crippen LogP contribution in [0.25, 0.3) is 6.08 Å². The monoisotopic (exact) mass is 554 g/mol. The Kier molecular flexibility index (Phi) is 11.0. The molecule has 7 heteroatoms. The highest BCUT2D eigenvalue weighted by molar-refractivity contribution is 5.95. The SMILES string of the molecule is CCOc1cc(OCC)cc(C(=O)N(CC(C)=Cc2ccc(F)cc2F)C[C@H]2CCCN2CC2CCCCC2)c1. The molecule has 4 rings (SSSR count). The fraction of sp³-hybridized carbons (Fsp3) is 0.545. The fourth-order valence-electron chi connectivity index (χ4n) is 6.13. The molecule has 0 unspecified atom stereocenters. The summed E-state index contributed by atoms with van der Waals surface area (Å²) < 4.78 is 39.3. The highest BCUT2D eigenvalue weighted by Crippen LogP contribution is 2.29. The maximum Gasteiger partial charge on any atom is 0.254 e. The van der Waals surface area contributed by atoms with Crippen molar-refractivity contribution in [2.45, 2.75) is 71.8 Å². The van der Waals surface area contributed by atoms with E-state index in [2.05, 4.69) is 4.90 Å². The van der Waals surface area contributed by atoms with Gasteiger partial charge in [-0.2, -0.15) is 0 Å². The standard InChI is InChI=1S/C33H44F2N2O3/c1-4-39-30-17-27(18-31(20-30)40-5-2)33(38)37(21-24(3)16-26-13-14-28(34)19-32(26)35)23-29-12-9-15-36(29)22-25-10-7-6-8-11-25/h13-14,16-20,25,29H,4-12,15,21-23H2,1-3H3/t29-/m1/s1. The van der Waals surface area contributed by atoms with Crippen LogP contribution in [0.15, 0.2) is 42.0 Å². The number of carbonyl (C=O) groups excluding carboxylic acids is 1. The van der Waals surface area contributed by atoms with Gasteiger partial charge >= 0.3 is 0 Å². The summed E-state index contributed by atoms with van der Waals surface area (Å²) in [4.78, 5) is 18.5. The van der Waals surface area contributed by atoms with E-state index >= 15 is 0 Å². The van der Waals surface area contributed by atoms with E-state index < -0.39 is 11.6 Å². The Labute approximate surface area is 238 Å². The largest absolute Gasteiger partial charge is 0.494 e. The number of carbonyl (C=O) groups is 1. The molecule has 218 valence electrons. The summed E-state index contributed by atoms with van der Waals surface area (Å²) in [5.41, 5.74) is 1.64. The molecular weight excluding hydrogens is 510 g/mol. The number of amides is 1. The lowest BCUT2D eigenvalue weighted by Crippen LogP contribution is -2.45. The summed E-state index contributed by atoms with van der Waals surface area (Å²) in [5, 5.41) is 0. The summed E-state index contributed by atoms with van der Waals surface area (Å²) >= 11 is 0. The number of ether oxygens (including phenoxy) is 2. The average Bonchev–Trinajstić information content (AvgIpc) is 3.36. The predicted molar refractivity (Wildman–Crippen MR) is 156 cm³/mol. The van der Waals surface area contributed by atoms with E-state index in [-0.39, 0.29) is 11.9 Å². The summed E-state index contributed by atoms with van der Waals surface area (Å²) in [6.07, 6.45) is 10.4. The zero-order chi connectivity index (χ0) is 28.5. The van der Waals surface area contributed by atoms with Gasteiger partial charge in [0.15, 0.2) is 0 Å². The maximum atomic E-state index is 14.4. The van der Waals surface area contributed by atoms with Gasteiger partial charge in [0.2, 0.25) is 0 Å². The summed E-state index contributed by atoms with van der Waals surface area (Å²) in [6, 6.07) is 9.20. The molecule has 0 aromatic heterocycles. The van der Waals surface area contributed by atoms with Crippen molar-refractivity contribution in [1.82, 2.24) is 9.80 Å². The molecule has 1 atom stereocenters. The topological polar surface area (TPSA) is 42.0 Å². The second-order valence-corrected chi connectivity index (χ2v) is 11.2. The molecule has 0 bridgehead atoms. The molecule has 1 aliphatic heterocycles. The van der Waals surface area contributed by atoms with Crippen molar-refractivity contribution in [2.75, 3.05) is 39.4 Å². The molecule has 0 radical (unpaired) electrons. The van der Waals surface area contributed by atoms with E-state index in [1.54, 1.807) is 24.3 Å². The number of likely N-dealkylation sites (tertiary alicyclic amines) is 1. The minimum atomic E-state index is -0.613. The van der Waals surface area contributed by atoms with Crippen LogP contribution in [0, 0.1) is 17.6 Å². The molecule has 1 heterocycles. The van der Waals surface area contributed by atoms with Gasteiger partial charge in [-0.3, -0.25) is 9.69 Å². The Balaban J connectivity index is 1.59. The number of hydrogen-bond donors (Lipinski definition) is 0. The van der Waals surface area contributed by atoms with Gasteiger partial charge in [0.25, 0.3) is 5.91 Å².